The molecule has 0 amide bonds. The van der Waals surface area contributed by atoms with Gasteiger partial charge < -0.3 is 0 Å². The van der Waals surface area contributed by atoms with Crippen LogP contribution in [0.2, 0.25) is 0 Å². The van der Waals surface area contributed by atoms with Gasteiger partial charge in [0.15, 0.2) is 0 Å². The van der Waals surface area contributed by atoms with Crippen LogP contribution in [0.15, 0.2) is 49.6 Å². The van der Waals surface area contributed by atoms with Crippen molar-refractivity contribution in [2.24, 2.45) is 0 Å². The van der Waals surface area contributed by atoms with E-state index in [9.17, 15) is 0 Å². The highest BCUT2D eigenvalue weighted by Crippen LogP contribution is 2.13. The summed E-state index contributed by atoms with van der Waals surface area (Å²) in [6.45, 7) is 17.7. The summed E-state index contributed by atoms with van der Waals surface area (Å²) in [6, 6.07) is 8.45. The summed E-state index contributed by atoms with van der Waals surface area (Å²) in [5.74, 6) is 0. The van der Waals surface area contributed by atoms with E-state index in [2.05, 4.69) is 50.4 Å². The largest absolute Gasteiger partial charge is 0.135 e. The average Bonchev–Trinajstić information content (AvgIpc) is 2.90. The lowest BCUT2D eigenvalue weighted by Crippen LogP contribution is -2.19. The van der Waals surface area contributed by atoms with Crippen molar-refractivity contribution in [1.29, 1.82) is 0 Å². The molecule has 0 radical (unpaired) electrons. The van der Waals surface area contributed by atoms with Gasteiger partial charge in [-0.15, -0.1) is 11.3 Å². The van der Waals surface area contributed by atoms with Crippen molar-refractivity contribution in [2.75, 3.05) is 0 Å². The smallest absolute Gasteiger partial charge is 0.0384 e. The van der Waals surface area contributed by atoms with Crippen molar-refractivity contribution < 1.29 is 0 Å². The topological polar surface area (TPSA) is 0 Å². The fourth-order valence-electron chi connectivity index (χ4n) is 1.73. The molecule has 108 valence electrons. The van der Waals surface area contributed by atoms with Crippen LogP contribution in [0.4, 0.5) is 0 Å². The van der Waals surface area contributed by atoms with Gasteiger partial charge in [0.1, 0.15) is 0 Å². The highest BCUT2D eigenvalue weighted by atomic mass is 32.1. The second-order valence-electron chi connectivity index (χ2n) is 3.63. The quantitative estimate of drug-likeness (QED) is 0.705. The van der Waals surface area contributed by atoms with Gasteiger partial charge in [0.2, 0.25) is 0 Å². The lowest BCUT2D eigenvalue weighted by molar-refractivity contribution is 1.50. The molecule has 0 aliphatic heterocycles. The molecule has 1 heterocycles. The van der Waals surface area contributed by atoms with Gasteiger partial charge in [0, 0.05) is 19.8 Å². The van der Waals surface area contributed by atoms with Crippen LogP contribution in [0.3, 0.4) is 0 Å². The van der Waals surface area contributed by atoms with Crippen molar-refractivity contribution >= 4 is 33.1 Å². The second-order valence-corrected chi connectivity index (χ2v) is 4.68. The molecule has 0 aliphatic rings. The van der Waals surface area contributed by atoms with Crippen LogP contribution in [0.1, 0.15) is 34.6 Å². The third-order valence-corrected chi connectivity index (χ3v) is 3.90. The van der Waals surface area contributed by atoms with E-state index < -0.39 is 0 Å². The Morgan fingerprint density at radius 3 is 2.20 bits per heavy atom. The van der Waals surface area contributed by atoms with Crippen LogP contribution in [0.25, 0.3) is 21.7 Å². The lowest BCUT2D eigenvalue weighted by Gasteiger charge is -1.87. The molecular formula is C19H26S. The first-order valence-electron chi connectivity index (χ1n) is 7.21. The molecule has 0 bridgehead atoms. The molecule has 1 aromatic carbocycles. The number of hydrogen-bond donors (Lipinski definition) is 0. The molecule has 0 atom stereocenters. The molecule has 1 aromatic heterocycles. The molecule has 0 saturated heterocycles. The van der Waals surface area contributed by atoms with E-state index in [-0.39, 0.29) is 0 Å². The van der Waals surface area contributed by atoms with Gasteiger partial charge in [0.05, 0.1) is 0 Å². The van der Waals surface area contributed by atoms with Crippen LogP contribution in [0.5, 0.6) is 0 Å². The SMILES string of the molecule is C=C/C=c1\c(=C(\C)C=C)sc2ccccc12.CC.CC. The predicted molar refractivity (Wildman–Crippen MR) is 97.7 cm³/mol. The third-order valence-electron chi connectivity index (χ3n) is 2.58. The molecule has 0 unspecified atom stereocenters. The van der Waals surface area contributed by atoms with Gasteiger partial charge in [-0.05, 0) is 18.6 Å². The fourth-order valence-corrected chi connectivity index (χ4v) is 2.92. The summed E-state index contributed by atoms with van der Waals surface area (Å²) in [4.78, 5) is 0. The van der Waals surface area contributed by atoms with Crippen molar-refractivity contribution in [3.05, 3.63) is 59.3 Å². The highest BCUT2D eigenvalue weighted by Gasteiger charge is 2.00. The molecule has 1 heteroatoms. The van der Waals surface area contributed by atoms with Gasteiger partial charge in [-0.3, -0.25) is 0 Å². The molecular weight excluding hydrogens is 260 g/mol. The molecule has 0 nitrogen and oxygen atoms in total. The van der Waals surface area contributed by atoms with Crippen molar-refractivity contribution in [3.63, 3.8) is 0 Å². The number of hydrogen-bond acceptors (Lipinski definition) is 1. The minimum Gasteiger partial charge on any atom is -0.135 e. The standard InChI is InChI=1S/C15H14S.2C2H6/c1-4-8-13-12-9-6-7-10-14(12)16-15(13)11(3)5-2;2*1-2/h4-10H,1-2H2,3H3;2*1-2H3/b13-8-,15-11+;;. The zero-order chi connectivity index (χ0) is 15.5. The average molecular weight is 286 g/mol. The first-order chi connectivity index (χ1) is 9.77. The molecule has 2 aromatic rings. The summed E-state index contributed by atoms with van der Waals surface area (Å²) >= 11 is 1.81. The van der Waals surface area contributed by atoms with Gasteiger partial charge in [-0.1, -0.05) is 77.3 Å². The lowest BCUT2D eigenvalue weighted by atomic mass is 10.2. The van der Waals surface area contributed by atoms with Crippen LogP contribution >= 0.6 is 11.3 Å². The molecule has 0 N–H and O–H groups in total. The third kappa shape index (κ3) is 4.21. The molecule has 0 aliphatic carbocycles. The van der Waals surface area contributed by atoms with Crippen molar-refractivity contribution in [2.45, 2.75) is 34.6 Å². The highest BCUT2D eigenvalue weighted by molar-refractivity contribution is 7.17. The van der Waals surface area contributed by atoms with E-state index >= 15 is 0 Å². The summed E-state index contributed by atoms with van der Waals surface area (Å²) in [6.07, 6.45) is 5.82. The van der Waals surface area contributed by atoms with Gasteiger partial charge in [-0.2, -0.15) is 0 Å². The van der Waals surface area contributed by atoms with Gasteiger partial charge in [0.25, 0.3) is 0 Å². The first kappa shape index (κ1) is 18.4. The number of thiophene rings is 1. The van der Waals surface area contributed by atoms with Crippen molar-refractivity contribution in [1.82, 2.24) is 0 Å². The Hall–Kier alpha value is -1.60. The van der Waals surface area contributed by atoms with Crippen LogP contribution in [0, 0.1) is 0 Å². The minimum absolute atomic E-state index is 1.22. The van der Waals surface area contributed by atoms with Crippen LogP contribution in [-0.4, -0.2) is 0 Å². The van der Waals surface area contributed by atoms with Gasteiger partial charge in [-0.25, -0.2) is 0 Å². The predicted octanol–water partition coefficient (Wildman–Crippen LogP) is 5.28. The molecule has 2 rings (SSSR count). The monoisotopic (exact) mass is 286 g/mol. The number of allylic oxidation sites excluding steroid dienone is 2. The maximum atomic E-state index is 3.84. The van der Waals surface area contributed by atoms with E-state index in [1.54, 1.807) is 0 Å². The summed E-state index contributed by atoms with van der Waals surface area (Å²) in [7, 11) is 0. The Kier molecular flexibility index (Phi) is 9.40. The zero-order valence-corrected chi connectivity index (χ0v) is 14.2. The summed E-state index contributed by atoms with van der Waals surface area (Å²) < 4.78 is 2.60. The fraction of sp³-hybridized carbons (Fsp3) is 0.263. The summed E-state index contributed by atoms with van der Waals surface area (Å²) in [5.41, 5.74) is 1.22. The Bertz CT molecular complexity index is 657. The Morgan fingerprint density at radius 1 is 1.05 bits per heavy atom. The van der Waals surface area contributed by atoms with E-state index in [1.807, 2.05) is 51.2 Å². The molecule has 0 fully saturated rings. The maximum Gasteiger partial charge on any atom is 0.0384 e. The molecule has 0 saturated carbocycles. The normalized spacial score (nSPS) is 11.8. The van der Waals surface area contributed by atoms with Crippen LogP contribution in [-0.2, 0) is 0 Å². The minimum atomic E-state index is 1.22. The van der Waals surface area contributed by atoms with Gasteiger partial charge >= 0.3 is 0 Å². The number of rotatable bonds is 2. The Labute approximate surface area is 127 Å². The molecule has 20 heavy (non-hydrogen) atoms. The number of fused-ring (bicyclic) bond motifs is 1. The van der Waals surface area contributed by atoms with Crippen molar-refractivity contribution in [3.8, 4) is 0 Å². The summed E-state index contributed by atoms with van der Waals surface area (Å²) in [5, 5.41) is 2.55. The van der Waals surface area contributed by atoms with E-state index in [0.717, 1.165) is 0 Å². The first-order valence-corrected chi connectivity index (χ1v) is 8.03. The second kappa shape index (κ2) is 10.2. The van der Waals surface area contributed by atoms with Crippen LogP contribution < -0.4 is 9.75 Å². The van der Waals surface area contributed by atoms with E-state index in [4.69, 9.17) is 0 Å². The van der Waals surface area contributed by atoms with E-state index in [0.29, 0.717) is 0 Å². The van der Waals surface area contributed by atoms with E-state index in [1.165, 1.54) is 25.4 Å². The Morgan fingerprint density at radius 2 is 1.65 bits per heavy atom. The molecule has 0 spiro atoms. The maximum absolute atomic E-state index is 3.84. The number of benzene rings is 1. The zero-order valence-electron chi connectivity index (χ0n) is 13.4. The Balaban J connectivity index is 0.000000829.